The molecule has 6 nitrogen and oxygen atoms in total. The Bertz CT molecular complexity index is 505. The van der Waals surface area contributed by atoms with Crippen molar-refractivity contribution in [2.75, 3.05) is 13.1 Å². The van der Waals surface area contributed by atoms with Gasteiger partial charge >= 0.3 is 6.09 Å². The van der Waals surface area contributed by atoms with E-state index in [0.717, 1.165) is 31.2 Å². The number of aromatic nitrogens is 1. The molecule has 1 saturated heterocycles. The molecule has 0 bridgehead atoms. The molecule has 0 spiro atoms. The lowest BCUT2D eigenvalue weighted by molar-refractivity contribution is 0.0505. The van der Waals surface area contributed by atoms with Crippen molar-refractivity contribution in [1.29, 1.82) is 0 Å². The van der Waals surface area contributed by atoms with Crippen LogP contribution in [0.5, 0.6) is 0 Å². The second-order valence-electron chi connectivity index (χ2n) is 7.18. The van der Waals surface area contributed by atoms with E-state index in [1.54, 1.807) is 6.20 Å². The van der Waals surface area contributed by atoms with Gasteiger partial charge in [-0.2, -0.15) is 0 Å². The normalized spacial score (nSPS) is 19.6. The van der Waals surface area contributed by atoms with Gasteiger partial charge in [0.05, 0.1) is 12.7 Å². The molecule has 2 heterocycles. The van der Waals surface area contributed by atoms with Gasteiger partial charge in [-0.25, -0.2) is 9.78 Å². The summed E-state index contributed by atoms with van der Waals surface area (Å²) < 4.78 is 11.0. The quantitative estimate of drug-likeness (QED) is 0.926. The van der Waals surface area contributed by atoms with E-state index in [4.69, 9.17) is 9.15 Å². The first-order chi connectivity index (χ1) is 10.2. The topological polar surface area (TPSA) is 67.6 Å². The molecule has 0 unspecified atom stereocenters. The van der Waals surface area contributed by atoms with E-state index in [1.807, 2.05) is 20.8 Å². The molecule has 1 N–H and O–H groups in total. The third kappa shape index (κ3) is 5.02. The standard InChI is InChI=1S/C16H27N3O3/c1-11(2)13-8-17-14(21-13)10-19-7-6-12(9-19)18-15(20)22-16(3,4)5/h8,11-12H,6-7,9-10H2,1-5H3,(H,18,20)/t12-/m1/s1. The molecule has 1 aliphatic rings. The molecule has 1 aromatic rings. The smallest absolute Gasteiger partial charge is 0.407 e. The third-order valence-corrected chi connectivity index (χ3v) is 3.49. The summed E-state index contributed by atoms with van der Waals surface area (Å²) >= 11 is 0. The Morgan fingerprint density at radius 2 is 2.27 bits per heavy atom. The number of carbonyl (C=O) groups is 1. The monoisotopic (exact) mass is 309 g/mol. The molecule has 0 aromatic carbocycles. The Balaban J connectivity index is 1.78. The van der Waals surface area contributed by atoms with Crippen LogP contribution in [0.25, 0.3) is 0 Å². The van der Waals surface area contributed by atoms with Crippen LogP contribution in [0.2, 0.25) is 0 Å². The van der Waals surface area contributed by atoms with E-state index < -0.39 is 5.60 Å². The van der Waals surface area contributed by atoms with Gasteiger partial charge in [-0.1, -0.05) is 13.8 Å². The van der Waals surface area contributed by atoms with E-state index >= 15 is 0 Å². The highest BCUT2D eigenvalue weighted by Crippen LogP contribution is 2.18. The Morgan fingerprint density at radius 1 is 1.55 bits per heavy atom. The maximum atomic E-state index is 11.8. The second kappa shape index (κ2) is 6.69. The second-order valence-corrected chi connectivity index (χ2v) is 7.18. The molecule has 0 radical (unpaired) electrons. The molecule has 1 atom stereocenters. The van der Waals surface area contributed by atoms with E-state index in [1.165, 1.54) is 0 Å². The van der Waals surface area contributed by atoms with Crippen LogP contribution < -0.4 is 5.32 Å². The molecule has 6 heteroatoms. The number of nitrogens with zero attached hydrogens (tertiary/aromatic N) is 2. The highest BCUT2D eigenvalue weighted by molar-refractivity contribution is 5.68. The molecule has 0 aliphatic carbocycles. The molecule has 1 aromatic heterocycles. The minimum atomic E-state index is -0.465. The van der Waals surface area contributed by atoms with Crippen LogP contribution in [0.3, 0.4) is 0 Å². The zero-order valence-electron chi connectivity index (χ0n) is 14.2. The lowest BCUT2D eigenvalue weighted by atomic mass is 10.2. The Labute approximate surface area is 132 Å². The largest absolute Gasteiger partial charge is 0.444 e. The van der Waals surface area contributed by atoms with Crippen LogP contribution in [-0.2, 0) is 11.3 Å². The van der Waals surface area contributed by atoms with Crippen molar-refractivity contribution in [2.24, 2.45) is 0 Å². The number of carbonyl (C=O) groups excluding carboxylic acids is 1. The van der Waals surface area contributed by atoms with E-state index in [9.17, 15) is 4.79 Å². The maximum absolute atomic E-state index is 11.8. The van der Waals surface area contributed by atoms with Crippen LogP contribution >= 0.6 is 0 Å². The van der Waals surface area contributed by atoms with Gasteiger partial charge < -0.3 is 14.5 Å². The Morgan fingerprint density at radius 3 is 2.86 bits per heavy atom. The predicted molar refractivity (Wildman–Crippen MR) is 83.6 cm³/mol. The average Bonchev–Trinajstić information content (AvgIpc) is 2.97. The highest BCUT2D eigenvalue weighted by atomic mass is 16.6. The number of oxazole rings is 1. The van der Waals surface area contributed by atoms with Gasteiger partial charge in [0.1, 0.15) is 11.4 Å². The number of rotatable bonds is 4. The van der Waals surface area contributed by atoms with Crippen LogP contribution in [0.4, 0.5) is 4.79 Å². The minimum Gasteiger partial charge on any atom is -0.444 e. The Kier molecular flexibility index (Phi) is 5.11. The van der Waals surface area contributed by atoms with Crippen molar-refractivity contribution in [3.63, 3.8) is 0 Å². The number of ether oxygens (including phenoxy) is 1. The first-order valence-electron chi connectivity index (χ1n) is 7.89. The predicted octanol–water partition coefficient (Wildman–Crippen LogP) is 2.90. The van der Waals surface area contributed by atoms with Gasteiger partial charge in [-0.05, 0) is 27.2 Å². The molecule has 0 saturated carbocycles. The van der Waals surface area contributed by atoms with Crippen LogP contribution in [0, 0.1) is 0 Å². The van der Waals surface area contributed by atoms with Crippen molar-refractivity contribution in [3.05, 3.63) is 17.8 Å². The number of alkyl carbamates (subject to hydrolysis) is 1. The molecular weight excluding hydrogens is 282 g/mol. The molecular formula is C16H27N3O3. The van der Waals surface area contributed by atoms with Crippen LogP contribution in [-0.4, -0.2) is 40.7 Å². The fraction of sp³-hybridized carbons (Fsp3) is 0.750. The van der Waals surface area contributed by atoms with Crippen molar-refractivity contribution >= 4 is 6.09 Å². The number of amides is 1. The minimum absolute atomic E-state index is 0.120. The summed E-state index contributed by atoms with van der Waals surface area (Å²) in [5, 5.41) is 2.92. The fourth-order valence-corrected chi connectivity index (χ4v) is 2.42. The molecule has 1 aliphatic heterocycles. The van der Waals surface area contributed by atoms with Gasteiger partial charge in [0.25, 0.3) is 0 Å². The first kappa shape index (κ1) is 16.8. The fourth-order valence-electron chi connectivity index (χ4n) is 2.42. The van der Waals surface area contributed by atoms with Crippen molar-refractivity contribution in [3.8, 4) is 0 Å². The summed E-state index contributed by atoms with van der Waals surface area (Å²) in [4.78, 5) is 18.3. The summed E-state index contributed by atoms with van der Waals surface area (Å²) in [7, 11) is 0. The van der Waals surface area contributed by atoms with E-state index in [0.29, 0.717) is 12.5 Å². The SMILES string of the molecule is CC(C)c1cnc(CN2CC[C@@H](NC(=O)OC(C)(C)C)C2)o1. The zero-order valence-corrected chi connectivity index (χ0v) is 14.2. The van der Waals surface area contributed by atoms with Gasteiger partial charge in [-0.15, -0.1) is 0 Å². The van der Waals surface area contributed by atoms with E-state index in [2.05, 4.69) is 29.0 Å². The van der Waals surface area contributed by atoms with Gasteiger partial charge in [0, 0.05) is 25.0 Å². The number of hydrogen-bond donors (Lipinski definition) is 1. The average molecular weight is 309 g/mol. The number of hydrogen-bond acceptors (Lipinski definition) is 5. The lowest BCUT2D eigenvalue weighted by Gasteiger charge is -2.21. The molecule has 1 fully saturated rings. The summed E-state index contributed by atoms with van der Waals surface area (Å²) in [5.74, 6) is 2.00. The third-order valence-electron chi connectivity index (χ3n) is 3.49. The molecule has 22 heavy (non-hydrogen) atoms. The first-order valence-corrected chi connectivity index (χ1v) is 7.89. The molecule has 2 rings (SSSR count). The molecule has 1 amide bonds. The summed E-state index contributed by atoms with van der Waals surface area (Å²) in [6, 6.07) is 0.120. The van der Waals surface area contributed by atoms with Gasteiger partial charge in [0.2, 0.25) is 5.89 Å². The van der Waals surface area contributed by atoms with Crippen molar-refractivity contribution in [1.82, 2.24) is 15.2 Å². The number of nitrogens with one attached hydrogen (secondary N) is 1. The van der Waals surface area contributed by atoms with Gasteiger partial charge in [-0.3, -0.25) is 4.90 Å². The van der Waals surface area contributed by atoms with Crippen molar-refractivity contribution < 1.29 is 13.9 Å². The lowest BCUT2D eigenvalue weighted by Crippen LogP contribution is -2.40. The van der Waals surface area contributed by atoms with Gasteiger partial charge in [0.15, 0.2) is 0 Å². The van der Waals surface area contributed by atoms with Crippen molar-refractivity contribution in [2.45, 2.75) is 65.1 Å². The van der Waals surface area contributed by atoms with E-state index in [-0.39, 0.29) is 12.1 Å². The summed E-state index contributed by atoms with van der Waals surface area (Å²) in [6.07, 6.45) is 2.36. The van der Waals surface area contributed by atoms with Crippen LogP contribution in [0.1, 0.15) is 58.6 Å². The zero-order chi connectivity index (χ0) is 16.3. The Hall–Kier alpha value is -1.56. The van der Waals surface area contributed by atoms with Crippen LogP contribution in [0.15, 0.2) is 10.6 Å². The summed E-state index contributed by atoms with van der Waals surface area (Å²) in [5.41, 5.74) is -0.465. The number of likely N-dealkylation sites (tertiary alicyclic amines) is 1. The highest BCUT2D eigenvalue weighted by Gasteiger charge is 2.27. The molecule has 124 valence electrons. The summed E-state index contributed by atoms with van der Waals surface area (Å²) in [6.45, 7) is 12.1. The maximum Gasteiger partial charge on any atom is 0.407 e.